The second kappa shape index (κ2) is 6.90. The van der Waals surface area contributed by atoms with Crippen molar-refractivity contribution in [2.24, 2.45) is 5.92 Å². The van der Waals surface area contributed by atoms with Crippen LogP contribution in [0.3, 0.4) is 0 Å². The van der Waals surface area contributed by atoms with E-state index in [0.717, 1.165) is 32.7 Å². The summed E-state index contributed by atoms with van der Waals surface area (Å²) in [5.74, 6) is 0.545. The zero-order valence-corrected chi connectivity index (χ0v) is 11.0. The first-order chi connectivity index (χ1) is 8.31. The van der Waals surface area contributed by atoms with Gasteiger partial charge in [0.05, 0.1) is 37.9 Å². The molecule has 2 fully saturated rings. The van der Waals surface area contributed by atoms with Gasteiger partial charge in [-0.3, -0.25) is 0 Å². The van der Waals surface area contributed by atoms with Gasteiger partial charge in [-0.15, -0.1) is 11.6 Å². The number of rotatable bonds is 7. The van der Waals surface area contributed by atoms with Gasteiger partial charge in [-0.25, -0.2) is 0 Å². The fourth-order valence-corrected chi connectivity index (χ4v) is 2.55. The summed E-state index contributed by atoms with van der Waals surface area (Å²) in [6, 6.07) is 0. The molecule has 1 saturated carbocycles. The average Bonchev–Trinajstić information content (AvgIpc) is 2.83. The highest BCUT2D eigenvalue weighted by Gasteiger charge is 2.42. The van der Waals surface area contributed by atoms with Gasteiger partial charge in [0.2, 0.25) is 0 Å². The van der Waals surface area contributed by atoms with Crippen LogP contribution in [-0.2, 0) is 18.9 Å². The first-order valence-corrected chi connectivity index (χ1v) is 6.69. The van der Waals surface area contributed by atoms with Crippen LogP contribution in [0.5, 0.6) is 0 Å². The molecule has 0 spiro atoms. The summed E-state index contributed by atoms with van der Waals surface area (Å²) >= 11 is 6.11. The Morgan fingerprint density at radius 2 is 2.18 bits per heavy atom. The first-order valence-electron chi connectivity index (χ1n) is 6.25. The lowest BCUT2D eigenvalue weighted by molar-refractivity contribution is -0.135. The van der Waals surface area contributed by atoms with Crippen LogP contribution >= 0.6 is 11.6 Å². The molecule has 17 heavy (non-hydrogen) atoms. The zero-order valence-electron chi connectivity index (χ0n) is 10.3. The van der Waals surface area contributed by atoms with Crippen molar-refractivity contribution in [2.45, 2.75) is 30.4 Å². The van der Waals surface area contributed by atoms with Crippen LogP contribution < -0.4 is 0 Å². The lowest BCUT2D eigenvalue weighted by Crippen LogP contribution is -2.51. The number of hydrogen-bond donors (Lipinski definition) is 0. The van der Waals surface area contributed by atoms with E-state index in [2.05, 4.69) is 0 Å². The van der Waals surface area contributed by atoms with Crippen molar-refractivity contribution in [1.29, 1.82) is 0 Å². The Morgan fingerprint density at radius 3 is 2.82 bits per heavy atom. The smallest absolute Gasteiger partial charge is 0.100 e. The van der Waals surface area contributed by atoms with E-state index >= 15 is 0 Å². The number of hydrogen-bond acceptors (Lipinski definition) is 4. The maximum absolute atomic E-state index is 6.11. The number of ether oxygens (including phenoxy) is 4. The molecule has 100 valence electrons. The van der Waals surface area contributed by atoms with E-state index in [1.165, 1.54) is 0 Å². The second-order valence-corrected chi connectivity index (χ2v) is 5.24. The van der Waals surface area contributed by atoms with Gasteiger partial charge in [0.1, 0.15) is 6.10 Å². The van der Waals surface area contributed by atoms with Gasteiger partial charge >= 0.3 is 0 Å². The Hall–Kier alpha value is 0.130. The molecule has 1 heterocycles. The Labute approximate surface area is 107 Å². The van der Waals surface area contributed by atoms with E-state index in [-0.39, 0.29) is 17.6 Å². The highest BCUT2D eigenvalue weighted by Crippen LogP contribution is 2.32. The van der Waals surface area contributed by atoms with Crippen LogP contribution in [0.4, 0.5) is 0 Å². The maximum Gasteiger partial charge on any atom is 0.100 e. The summed E-state index contributed by atoms with van der Waals surface area (Å²) < 4.78 is 21.8. The standard InChI is InChI=1S/C12H21ClO4/c1-14-4-5-16-12-10(13)6-11(12)17-8-9-2-3-15-7-9/h9-12H,2-8H2,1H3. The molecule has 0 amide bonds. The van der Waals surface area contributed by atoms with Gasteiger partial charge in [0, 0.05) is 19.6 Å². The van der Waals surface area contributed by atoms with Gasteiger partial charge < -0.3 is 18.9 Å². The molecule has 5 heteroatoms. The third-order valence-corrected chi connectivity index (χ3v) is 3.77. The summed E-state index contributed by atoms with van der Waals surface area (Å²) in [5.41, 5.74) is 0. The lowest BCUT2D eigenvalue weighted by Gasteiger charge is -2.40. The Balaban J connectivity index is 1.62. The molecule has 0 N–H and O–H groups in total. The third kappa shape index (κ3) is 3.80. The normalized spacial score (nSPS) is 37.1. The van der Waals surface area contributed by atoms with E-state index in [9.17, 15) is 0 Å². The summed E-state index contributed by atoms with van der Waals surface area (Å²) in [6.45, 7) is 3.63. The van der Waals surface area contributed by atoms with Crippen LogP contribution in [-0.4, -0.2) is 57.7 Å². The third-order valence-electron chi connectivity index (χ3n) is 3.35. The van der Waals surface area contributed by atoms with E-state index in [4.69, 9.17) is 30.5 Å². The molecule has 0 bridgehead atoms. The zero-order chi connectivity index (χ0) is 12.1. The molecule has 2 rings (SSSR count). The molecule has 4 nitrogen and oxygen atoms in total. The van der Waals surface area contributed by atoms with Crippen LogP contribution in [0, 0.1) is 5.92 Å². The number of methoxy groups -OCH3 is 1. The summed E-state index contributed by atoms with van der Waals surface area (Å²) in [7, 11) is 1.66. The van der Waals surface area contributed by atoms with E-state index in [1.807, 2.05) is 0 Å². The Kier molecular flexibility index (Phi) is 5.50. The highest BCUT2D eigenvalue weighted by atomic mass is 35.5. The van der Waals surface area contributed by atoms with E-state index in [1.54, 1.807) is 7.11 Å². The lowest BCUT2D eigenvalue weighted by atomic mass is 9.91. The topological polar surface area (TPSA) is 36.9 Å². The molecule has 0 aromatic heterocycles. The quantitative estimate of drug-likeness (QED) is 0.515. The fourth-order valence-electron chi connectivity index (χ4n) is 2.14. The number of alkyl halides is 1. The molecular weight excluding hydrogens is 244 g/mol. The Bertz CT molecular complexity index is 221. The minimum Gasteiger partial charge on any atom is -0.382 e. The van der Waals surface area contributed by atoms with Gasteiger partial charge in [-0.1, -0.05) is 0 Å². The van der Waals surface area contributed by atoms with Gasteiger partial charge in [-0.05, 0) is 12.8 Å². The first kappa shape index (κ1) is 13.6. The van der Waals surface area contributed by atoms with Crippen molar-refractivity contribution in [3.05, 3.63) is 0 Å². The van der Waals surface area contributed by atoms with Crippen molar-refractivity contribution < 1.29 is 18.9 Å². The maximum atomic E-state index is 6.11. The summed E-state index contributed by atoms with van der Waals surface area (Å²) in [5, 5.41) is 0.0803. The molecule has 0 aromatic rings. The average molecular weight is 265 g/mol. The molecule has 2 aliphatic rings. The molecule has 1 aliphatic heterocycles. The van der Waals surface area contributed by atoms with E-state index in [0.29, 0.717) is 19.1 Å². The van der Waals surface area contributed by atoms with Crippen LogP contribution in [0.1, 0.15) is 12.8 Å². The predicted octanol–water partition coefficient (Wildman–Crippen LogP) is 1.45. The predicted molar refractivity (Wildman–Crippen MR) is 64.5 cm³/mol. The van der Waals surface area contributed by atoms with Crippen molar-refractivity contribution in [1.82, 2.24) is 0 Å². The largest absolute Gasteiger partial charge is 0.382 e. The molecule has 1 saturated heterocycles. The summed E-state index contributed by atoms with van der Waals surface area (Å²) in [4.78, 5) is 0. The van der Waals surface area contributed by atoms with Gasteiger partial charge in [0.25, 0.3) is 0 Å². The molecule has 4 atom stereocenters. The molecule has 0 radical (unpaired) electrons. The van der Waals surface area contributed by atoms with Crippen molar-refractivity contribution in [3.63, 3.8) is 0 Å². The summed E-state index contributed by atoms with van der Waals surface area (Å²) in [6.07, 6.45) is 2.16. The second-order valence-electron chi connectivity index (χ2n) is 4.68. The van der Waals surface area contributed by atoms with Gasteiger partial charge in [0.15, 0.2) is 0 Å². The van der Waals surface area contributed by atoms with Crippen LogP contribution in [0.2, 0.25) is 0 Å². The molecule has 1 aliphatic carbocycles. The number of halogens is 1. The SMILES string of the molecule is COCCOC1C(Cl)CC1OCC1CCOC1. The van der Waals surface area contributed by atoms with Crippen molar-refractivity contribution in [2.75, 3.05) is 40.1 Å². The van der Waals surface area contributed by atoms with Crippen LogP contribution in [0.15, 0.2) is 0 Å². The van der Waals surface area contributed by atoms with Gasteiger partial charge in [-0.2, -0.15) is 0 Å². The minimum atomic E-state index is 0.0224. The van der Waals surface area contributed by atoms with Crippen LogP contribution in [0.25, 0.3) is 0 Å². The monoisotopic (exact) mass is 264 g/mol. The highest BCUT2D eigenvalue weighted by molar-refractivity contribution is 6.21. The molecular formula is C12H21ClO4. The molecule has 4 unspecified atom stereocenters. The minimum absolute atomic E-state index is 0.0224. The van der Waals surface area contributed by atoms with Crippen molar-refractivity contribution >= 4 is 11.6 Å². The molecule has 0 aromatic carbocycles. The van der Waals surface area contributed by atoms with Crippen molar-refractivity contribution in [3.8, 4) is 0 Å². The Morgan fingerprint density at radius 1 is 1.29 bits per heavy atom. The van der Waals surface area contributed by atoms with E-state index < -0.39 is 0 Å². The fraction of sp³-hybridized carbons (Fsp3) is 1.00.